The molecule has 0 saturated carbocycles. The Morgan fingerprint density at radius 2 is 1.92 bits per heavy atom. The Labute approximate surface area is 139 Å². The summed E-state index contributed by atoms with van der Waals surface area (Å²) in [7, 11) is 0. The second kappa shape index (κ2) is 8.29. The Morgan fingerprint density at radius 1 is 1.21 bits per heavy atom. The largest absolute Gasteiger partial charge is 0.507 e. The molecule has 0 unspecified atom stereocenters. The van der Waals surface area contributed by atoms with Crippen LogP contribution >= 0.6 is 0 Å². The highest BCUT2D eigenvalue weighted by molar-refractivity contribution is 5.97. The molecule has 2 rings (SSSR count). The highest BCUT2D eigenvalue weighted by Gasteiger charge is 2.18. The van der Waals surface area contributed by atoms with Crippen LogP contribution in [0.3, 0.4) is 0 Å². The lowest BCUT2D eigenvalue weighted by atomic mass is 10.1. The van der Waals surface area contributed by atoms with Gasteiger partial charge in [-0.3, -0.25) is 4.79 Å². The van der Waals surface area contributed by atoms with E-state index in [1.165, 1.54) is 0 Å². The first-order chi connectivity index (χ1) is 11.5. The fraction of sp³-hybridized carbons (Fsp3) is 0.278. The summed E-state index contributed by atoms with van der Waals surface area (Å²) in [5.41, 5.74) is 0.556. The number of nitrogens with one attached hydrogen (secondary N) is 1. The zero-order valence-corrected chi connectivity index (χ0v) is 13.4. The third-order valence-electron chi connectivity index (χ3n) is 3.65. The van der Waals surface area contributed by atoms with Crippen LogP contribution in [0, 0.1) is 11.6 Å². The molecule has 0 heterocycles. The maximum atomic E-state index is 13.6. The minimum absolute atomic E-state index is 0.318. The average molecular weight is 334 g/mol. The fourth-order valence-corrected chi connectivity index (χ4v) is 2.45. The van der Waals surface area contributed by atoms with Crippen LogP contribution in [0.25, 0.3) is 0 Å². The van der Waals surface area contributed by atoms with Gasteiger partial charge in [0.15, 0.2) is 0 Å². The van der Waals surface area contributed by atoms with Crippen molar-refractivity contribution in [1.82, 2.24) is 5.32 Å². The lowest BCUT2D eigenvalue weighted by Crippen LogP contribution is -2.30. The highest BCUT2D eigenvalue weighted by atomic mass is 19.1. The topological polar surface area (TPSA) is 52.6 Å². The summed E-state index contributed by atoms with van der Waals surface area (Å²) in [6, 6.07) is 11.2. The van der Waals surface area contributed by atoms with Gasteiger partial charge in [0.25, 0.3) is 5.91 Å². The first-order valence-electron chi connectivity index (χ1n) is 7.79. The number of rotatable bonds is 7. The first kappa shape index (κ1) is 17.7. The smallest absolute Gasteiger partial charge is 0.258 e. The molecule has 0 aliphatic heterocycles. The Bertz CT molecular complexity index is 670. The predicted octanol–water partition coefficient (Wildman–Crippen LogP) is 3.32. The number of para-hydroxylation sites is 1. The lowest BCUT2D eigenvalue weighted by molar-refractivity contribution is 0.0946. The molecule has 0 bridgehead atoms. The van der Waals surface area contributed by atoms with Gasteiger partial charge in [-0.25, -0.2) is 8.78 Å². The van der Waals surface area contributed by atoms with E-state index >= 15 is 0 Å². The van der Waals surface area contributed by atoms with E-state index in [1.54, 1.807) is 0 Å². The number of phenols is 1. The van der Waals surface area contributed by atoms with E-state index in [1.807, 2.05) is 37.3 Å². The van der Waals surface area contributed by atoms with Gasteiger partial charge in [-0.1, -0.05) is 18.2 Å². The number of aromatic hydroxyl groups is 1. The molecule has 0 aliphatic rings. The zero-order chi connectivity index (χ0) is 17.5. The number of phenolic OH excluding ortho intramolecular Hbond substituents is 1. The number of nitrogens with zero attached hydrogens (tertiary/aromatic N) is 1. The van der Waals surface area contributed by atoms with Gasteiger partial charge in [0.1, 0.15) is 22.9 Å². The molecule has 6 heteroatoms. The molecular formula is C18H20F2N2O2. The summed E-state index contributed by atoms with van der Waals surface area (Å²) >= 11 is 0. The quantitative estimate of drug-likeness (QED) is 0.764. The van der Waals surface area contributed by atoms with Gasteiger partial charge in [-0.2, -0.15) is 0 Å². The van der Waals surface area contributed by atoms with E-state index < -0.39 is 28.9 Å². The molecule has 4 nitrogen and oxygen atoms in total. The van der Waals surface area contributed by atoms with Crippen LogP contribution in [0.5, 0.6) is 5.75 Å². The number of halogens is 2. The van der Waals surface area contributed by atoms with E-state index in [-0.39, 0.29) is 0 Å². The molecule has 1 amide bonds. The molecule has 0 aliphatic carbocycles. The van der Waals surface area contributed by atoms with Crippen LogP contribution in [0.15, 0.2) is 42.5 Å². The maximum Gasteiger partial charge on any atom is 0.258 e. The average Bonchev–Trinajstić information content (AvgIpc) is 2.54. The molecule has 24 heavy (non-hydrogen) atoms. The Kier molecular flexibility index (Phi) is 6.12. The summed E-state index contributed by atoms with van der Waals surface area (Å²) in [5.74, 6) is -3.47. The van der Waals surface area contributed by atoms with E-state index in [0.717, 1.165) is 18.8 Å². The normalized spacial score (nSPS) is 10.5. The molecule has 128 valence electrons. The molecular weight excluding hydrogens is 314 g/mol. The number of anilines is 1. The Morgan fingerprint density at radius 3 is 2.54 bits per heavy atom. The van der Waals surface area contributed by atoms with Crippen molar-refractivity contribution in [3.05, 3.63) is 59.7 Å². The highest BCUT2D eigenvalue weighted by Crippen LogP contribution is 2.21. The Hall–Kier alpha value is -2.63. The van der Waals surface area contributed by atoms with Crippen LogP contribution in [0.4, 0.5) is 14.5 Å². The lowest BCUT2D eigenvalue weighted by Gasteiger charge is -2.23. The van der Waals surface area contributed by atoms with E-state index in [2.05, 4.69) is 10.2 Å². The maximum absolute atomic E-state index is 13.6. The number of benzene rings is 2. The summed E-state index contributed by atoms with van der Waals surface area (Å²) in [4.78, 5) is 14.1. The van der Waals surface area contributed by atoms with Gasteiger partial charge >= 0.3 is 0 Å². The second-order valence-corrected chi connectivity index (χ2v) is 5.31. The molecule has 0 saturated heterocycles. The minimum Gasteiger partial charge on any atom is -0.507 e. The number of carbonyl (C=O) groups excluding carboxylic acids is 1. The fourth-order valence-electron chi connectivity index (χ4n) is 2.45. The van der Waals surface area contributed by atoms with Gasteiger partial charge in [0.2, 0.25) is 0 Å². The summed E-state index contributed by atoms with van der Waals surface area (Å²) in [6.45, 7) is 3.90. The van der Waals surface area contributed by atoms with Crippen molar-refractivity contribution in [1.29, 1.82) is 0 Å². The molecule has 0 spiro atoms. The molecule has 0 fully saturated rings. The number of amides is 1. The standard InChI is InChI=1S/C18H20F2N2O2/c1-2-22(14-7-4-3-5-8-14)10-6-9-21-18(24)17-15(20)11-13(19)12-16(17)23/h3-5,7-8,11-12,23H,2,6,9-10H2,1H3,(H,21,24). The van der Waals surface area contributed by atoms with E-state index in [4.69, 9.17) is 0 Å². The number of carbonyl (C=O) groups is 1. The zero-order valence-electron chi connectivity index (χ0n) is 13.4. The van der Waals surface area contributed by atoms with Crippen LogP contribution < -0.4 is 10.2 Å². The van der Waals surface area contributed by atoms with Crippen molar-refractivity contribution in [2.45, 2.75) is 13.3 Å². The monoisotopic (exact) mass is 334 g/mol. The second-order valence-electron chi connectivity index (χ2n) is 5.31. The van der Waals surface area contributed by atoms with Crippen molar-refractivity contribution < 1.29 is 18.7 Å². The van der Waals surface area contributed by atoms with Crippen LogP contribution in [0.1, 0.15) is 23.7 Å². The number of hydrogen-bond acceptors (Lipinski definition) is 3. The van der Waals surface area contributed by atoms with E-state index in [0.29, 0.717) is 25.1 Å². The van der Waals surface area contributed by atoms with Gasteiger partial charge in [0.05, 0.1) is 0 Å². The van der Waals surface area contributed by atoms with Gasteiger partial charge in [-0.15, -0.1) is 0 Å². The van der Waals surface area contributed by atoms with Gasteiger partial charge in [-0.05, 0) is 25.5 Å². The van der Waals surface area contributed by atoms with Crippen LogP contribution in [-0.4, -0.2) is 30.6 Å². The molecule has 0 aromatic heterocycles. The SMILES string of the molecule is CCN(CCCNC(=O)c1c(O)cc(F)cc1F)c1ccccc1. The van der Waals surface area contributed by atoms with Crippen molar-refractivity contribution in [3.63, 3.8) is 0 Å². The van der Waals surface area contributed by atoms with Crippen LogP contribution in [0.2, 0.25) is 0 Å². The van der Waals surface area contributed by atoms with Crippen molar-refractivity contribution in [3.8, 4) is 5.75 Å². The third-order valence-corrected chi connectivity index (χ3v) is 3.65. The Balaban J connectivity index is 1.87. The molecule has 2 aromatic rings. The van der Waals surface area contributed by atoms with Crippen LogP contribution in [-0.2, 0) is 0 Å². The van der Waals surface area contributed by atoms with Crippen molar-refractivity contribution >= 4 is 11.6 Å². The molecule has 0 atom stereocenters. The molecule has 0 radical (unpaired) electrons. The third kappa shape index (κ3) is 4.44. The van der Waals surface area contributed by atoms with E-state index in [9.17, 15) is 18.7 Å². The first-order valence-corrected chi connectivity index (χ1v) is 7.79. The minimum atomic E-state index is -1.08. The molecule has 2 aromatic carbocycles. The summed E-state index contributed by atoms with van der Waals surface area (Å²) < 4.78 is 26.5. The summed E-state index contributed by atoms with van der Waals surface area (Å²) in [6.07, 6.45) is 0.651. The van der Waals surface area contributed by atoms with Gasteiger partial charge in [0, 0.05) is 37.5 Å². The van der Waals surface area contributed by atoms with Gasteiger partial charge < -0.3 is 15.3 Å². The number of hydrogen-bond donors (Lipinski definition) is 2. The molecule has 2 N–H and O–H groups in total. The van der Waals surface area contributed by atoms with Crippen molar-refractivity contribution in [2.75, 3.05) is 24.5 Å². The van der Waals surface area contributed by atoms with Crippen molar-refractivity contribution in [2.24, 2.45) is 0 Å². The summed E-state index contributed by atoms with van der Waals surface area (Å²) in [5, 5.41) is 12.1. The predicted molar refractivity (Wildman–Crippen MR) is 89.3 cm³/mol.